The predicted molar refractivity (Wildman–Crippen MR) is 63.2 cm³/mol. The Morgan fingerprint density at radius 2 is 2.26 bits per heavy atom. The third kappa shape index (κ3) is 2.93. The zero-order valence-corrected chi connectivity index (χ0v) is 10.7. The van der Waals surface area contributed by atoms with Crippen LogP contribution in [-0.2, 0) is 14.3 Å². The number of rotatable bonds is 3. The van der Waals surface area contributed by atoms with E-state index in [4.69, 9.17) is 14.0 Å². The molecular weight excluding hydrogens is 250 g/mol. The van der Waals surface area contributed by atoms with Crippen LogP contribution >= 0.6 is 0 Å². The molecule has 1 unspecified atom stereocenters. The molecule has 7 heteroatoms. The van der Waals surface area contributed by atoms with E-state index in [0.29, 0.717) is 32.0 Å². The number of carbonyl (C=O) groups excluding carboxylic acids is 1. The van der Waals surface area contributed by atoms with Gasteiger partial charge in [-0.3, -0.25) is 4.79 Å². The van der Waals surface area contributed by atoms with Gasteiger partial charge in [-0.25, -0.2) is 0 Å². The summed E-state index contributed by atoms with van der Waals surface area (Å²) in [6.45, 7) is 2.57. The molecule has 0 bridgehead atoms. The molecule has 2 fully saturated rings. The molecule has 0 saturated carbocycles. The lowest BCUT2D eigenvalue weighted by Gasteiger charge is -2.31. The first-order valence-corrected chi connectivity index (χ1v) is 6.60. The van der Waals surface area contributed by atoms with Gasteiger partial charge in [0, 0.05) is 19.0 Å². The third-order valence-corrected chi connectivity index (χ3v) is 3.55. The number of hydrogen-bond donors (Lipinski definition) is 0. The number of likely N-dealkylation sites (tertiary alicyclic amines) is 1. The zero-order valence-electron chi connectivity index (χ0n) is 10.7. The van der Waals surface area contributed by atoms with Crippen LogP contribution in [0.4, 0.5) is 0 Å². The summed E-state index contributed by atoms with van der Waals surface area (Å²) in [6, 6.07) is 0. The molecule has 0 spiro atoms. The van der Waals surface area contributed by atoms with E-state index in [1.165, 1.54) is 6.39 Å². The molecule has 0 aromatic carbocycles. The lowest BCUT2D eigenvalue weighted by Crippen LogP contribution is -2.40. The van der Waals surface area contributed by atoms with E-state index >= 15 is 0 Å². The Hall–Kier alpha value is -1.47. The summed E-state index contributed by atoms with van der Waals surface area (Å²) in [7, 11) is 0. The summed E-state index contributed by atoms with van der Waals surface area (Å²) in [6.07, 6.45) is 3.19. The molecule has 104 valence electrons. The van der Waals surface area contributed by atoms with Crippen LogP contribution in [0.5, 0.6) is 0 Å². The minimum atomic E-state index is -0.377. The van der Waals surface area contributed by atoms with E-state index in [1.807, 2.05) is 4.90 Å². The Labute approximate surface area is 110 Å². The minimum Gasteiger partial charge on any atom is -0.350 e. The zero-order chi connectivity index (χ0) is 13.1. The first-order chi connectivity index (χ1) is 9.33. The number of carbonyl (C=O) groups is 1. The topological polar surface area (TPSA) is 77.7 Å². The van der Waals surface area contributed by atoms with Crippen LogP contribution < -0.4 is 0 Å². The molecule has 0 N–H and O–H groups in total. The number of amides is 1. The summed E-state index contributed by atoms with van der Waals surface area (Å²) in [5, 5.41) is 3.86. The molecule has 3 heterocycles. The lowest BCUT2D eigenvalue weighted by molar-refractivity contribution is -0.140. The summed E-state index contributed by atoms with van der Waals surface area (Å²) < 4.78 is 15.4. The van der Waals surface area contributed by atoms with Crippen molar-refractivity contribution in [1.29, 1.82) is 0 Å². The van der Waals surface area contributed by atoms with Gasteiger partial charge in [-0.05, 0) is 12.8 Å². The van der Waals surface area contributed by atoms with Gasteiger partial charge >= 0.3 is 0 Å². The molecule has 2 aliphatic rings. The van der Waals surface area contributed by atoms with Gasteiger partial charge in [0.15, 0.2) is 12.1 Å². The largest absolute Gasteiger partial charge is 0.350 e. The Morgan fingerprint density at radius 3 is 3.00 bits per heavy atom. The summed E-state index contributed by atoms with van der Waals surface area (Å²) in [4.78, 5) is 18.1. The fraction of sp³-hybridized carbons (Fsp3) is 0.750. The second-order valence-corrected chi connectivity index (χ2v) is 4.84. The van der Waals surface area contributed by atoms with Gasteiger partial charge in [-0.1, -0.05) is 5.16 Å². The smallest absolute Gasteiger partial charge is 0.227 e. The second-order valence-electron chi connectivity index (χ2n) is 4.84. The quantitative estimate of drug-likeness (QED) is 0.795. The maximum atomic E-state index is 12.2. The number of ether oxygens (including phenoxy) is 2. The van der Waals surface area contributed by atoms with Crippen LogP contribution in [-0.4, -0.2) is 53.5 Å². The van der Waals surface area contributed by atoms with Crippen molar-refractivity contribution < 1.29 is 18.8 Å². The highest BCUT2D eigenvalue weighted by molar-refractivity contribution is 5.76. The first-order valence-electron chi connectivity index (χ1n) is 6.60. The highest BCUT2D eigenvalue weighted by Gasteiger charge is 2.29. The Morgan fingerprint density at radius 1 is 1.42 bits per heavy atom. The molecule has 1 aromatic rings. The SMILES string of the molecule is O=C(CC1OCCO1)N1CCCC(c2ncon2)C1. The standard InChI is InChI=1S/C12H17N3O4/c16-10(6-11-17-4-5-18-11)15-3-1-2-9(7-15)12-13-8-19-14-12/h8-9,11H,1-7H2. The highest BCUT2D eigenvalue weighted by Crippen LogP contribution is 2.25. The monoisotopic (exact) mass is 267 g/mol. The van der Waals surface area contributed by atoms with Crippen LogP contribution in [0.3, 0.4) is 0 Å². The van der Waals surface area contributed by atoms with Crippen molar-refractivity contribution in [3.63, 3.8) is 0 Å². The second kappa shape index (κ2) is 5.66. The van der Waals surface area contributed by atoms with Gasteiger partial charge in [0.25, 0.3) is 0 Å². The van der Waals surface area contributed by atoms with E-state index in [9.17, 15) is 4.79 Å². The van der Waals surface area contributed by atoms with Crippen molar-refractivity contribution in [3.05, 3.63) is 12.2 Å². The Bertz CT molecular complexity index is 417. The van der Waals surface area contributed by atoms with Gasteiger partial charge in [0.1, 0.15) is 0 Å². The van der Waals surface area contributed by atoms with E-state index < -0.39 is 0 Å². The van der Waals surface area contributed by atoms with Gasteiger partial charge in [-0.15, -0.1) is 0 Å². The number of hydrogen-bond acceptors (Lipinski definition) is 6. The summed E-state index contributed by atoms with van der Waals surface area (Å²) in [5.74, 6) is 0.924. The molecule has 1 aromatic heterocycles. The van der Waals surface area contributed by atoms with Crippen LogP contribution in [0.25, 0.3) is 0 Å². The van der Waals surface area contributed by atoms with Crippen LogP contribution in [0.15, 0.2) is 10.9 Å². The van der Waals surface area contributed by atoms with Crippen molar-refractivity contribution in [2.45, 2.75) is 31.5 Å². The van der Waals surface area contributed by atoms with Crippen LogP contribution in [0.1, 0.15) is 31.0 Å². The van der Waals surface area contributed by atoms with Gasteiger partial charge in [-0.2, -0.15) is 4.98 Å². The van der Waals surface area contributed by atoms with E-state index in [1.54, 1.807) is 0 Å². The molecule has 3 rings (SSSR count). The third-order valence-electron chi connectivity index (χ3n) is 3.55. The lowest BCUT2D eigenvalue weighted by atomic mass is 9.97. The Balaban J connectivity index is 1.56. The van der Waals surface area contributed by atoms with Crippen molar-refractivity contribution in [1.82, 2.24) is 15.0 Å². The van der Waals surface area contributed by atoms with E-state index in [-0.39, 0.29) is 18.1 Å². The summed E-state index contributed by atoms with van der Waals surface area (Å²) >= 11 is 0. The van der Waals surface area contributed by atoms with E-state index in [2.05, 4.69) is 10.1 Å². The van der Waals surface area contributed by atoms with Gasteiger partial charge < -0.3 is 18.9 Å². The molecular formula is C12H17N3O4. The molecule has 2 saturated heterocycles. The maximum Gasteiger partial charge on any atom is 0.227 e. The van der Waals surface area contributed by atoms with Gasteiger partial charge in [0.2, 0.25) is 12.3 Å². The van der Waals surface area contributed by atoms with Crippen molar-refractivity contribution in [2.24, 2.45) is 0 Å². The van der Waals surface area contributed by atoms with Crippen molar-refractivity contribution in [2.75, 3.05) is 26.3 Å². The molecule has 1 amide bonds. The van der Waals surface area contributed by atoms with Gasteiger partial charge in [0.05, 0.1) is 19.6 Å². The molecule has 0 radical (unpaired) electrons. The van der Waals surface area contributed by atoms with Crippen molar-refractivity contribution >= 4 is 5.91 Å². The number of piperidine rings is 1. The maximum absolute atomic E-state index is 12.2. The highest BCUT2D eigenvalue weighted by atomic mass is 16.7. The Kier molecular flexibility index (Phi) is 3.74. The summed E-state index contributed by atoms with van der Waals surface area (Å²) in [5.41, 5.74) is 0. The number of aromatic nitrogens is 2. The molecule has 19 heavy (non-hydrogen) atoms. The van der Waals surface area contributed by atoms with Crippen LogP contribution in [0.2, 0.25) is 0 Å². The molecule has 1 atom stereocenters. The average Bonchev–Trinajstić information content (AvgIpc) is 3.12. The molecule has 7 nitrogen and oxygen atoms in total. The predicted octanol–water partition coefficient (Wildman–Crippen LogP) is 0.539. The van der Waals surface area contributed by atoms with Crippen molar-refractivity contribution in [3.8, 4) is 0 Å². The average molecular weight is 267 g/mol. The van der Waals surface area contributed by atoms with E-state index in [0.717, 1.165) is 19.4 Å². The normalized spacial score (nSPS) is 24.8. The van der Waals surface area contributed by atoms with Crippen LogP contribution in [0, 0.1) is 0 Å². The molecule has 0 aliphatic carbocycles. The number of nitrogens with zero attached hydrogens (tertiary/aromatic N) is 3. The fourth-order valence-electron chi connectivity index (χ4n) is 2.57. The molecule has 2 aliphatic heterocycles. The fourth-order valence-corrected chi connectivity index (χ4v) is 2.57. The minimum absolute atomic E-state index is 0.0695. The first kappa shape index (κ1) is 12.6.